The van der Waals surface area contributed by atoms with Crippen molar-refractivity contribution in [3.05, 3.63) is 0 Å². The summed E-state index contributed by atoms with van der Waals surface area (Å²) < 4.78 is 11.5. The van der Waals surface area contributed by atoms with Gasteiger partial charge >= 0.3 is 0 Å². The number of likely N-dealkylation sites (tertiary alicyclic amines) is 1. The lowest BCUT2D eigenvalue weighted by Gasteiger charge is -2.34. The SMILES string of the molecule is CCN1CCC(CC2(C)OCC(CO)O2)CC1. The monoisotopic (exact) mass is 243 g/mol. The van der Waals surface area contributed by atoms with E-state index >= 15 is 0 Å². The van der Waals surface area contributed by atoms with Gasteiger partial charge in [-0.2, -0.15) is 0 Å². The van der Waals surface area contributed by atoms with Crippen LogP contribution in [-0.2, 0) is 9.47 Å². The lowest BCUT2D eigenvalue weighted by atomic mass is 9.90. The van der Waals surface area contributed by atoms with Crippen LogP contribution in [0.5, 0.6) is 0 Å². The van der Waals surface area contributed by atoms with Gasteiger partial charge in [-0.1, -0.05) is 6.92 Å². The predicted octanol–water partition coefficient (Wildman–Crippen LogP) is 1.23. The van der Waals surface area contributed by atoms with Gasteiger partial charge in [0.05, 0.1) is 13.2 Å². The fourth-order valence-corrected chi connectivity index (χ4v) is 2.92. The Morgan fingerprint density at radius 1 is 1.35 bits per heavy atom. The van der Waals surface area contributed by atoms with E-state index in [2.05, 4.69) is 11.8 Å². The number of aliphatic hydroxyl groups excluding tert-OH is 1. The maximum absolute atomic E-state index is 9.06. The third-order valence-electron chi connectivity index (χ3n) is 4.01. The highest BCUT2D eigenvalue weighted by molar-refractivity contribution is 4.81. The highest BCUT2D eigenvalue weighted by Gasteiger charge is 2.39. The Balaban J connectivity index is 1.78. The van der Waals surface area contributed by atoms with Crippen LogP contribution in [0, 0.1) is 5.92 Å². The topological polar surface area (TPSA) is 41.9 Å². The molecule has 2 aliphatic rings. The molecule has 2 unspecified atom stereocenters. The first-order valence-corrected chi connectivity index (χ1v) is 6.80. The first-order chi connectivity index (χ1) is 8.15. The van der Waals surface area contributed by atoms with Crippen molar-refractivity contribution in [2.24, 2.45) is 5.92 Å². The Hall–Kier alpha value is -0.160. The molecule has 0 radical (unpaired) electrons. The summed E-state index contributed by atoms with van der Waals surface area (Å²) in [6.45, 7) is 8.36. The molecule has 0 aromatic rings. The second kappa shape index (κ2) is 5.65. The van der Waals surface area contributed by atoms with Gasteiger partial charge in [0.25, 0.3) is 0 Å². The summed E-state index contributed by atoms with van der Waals surface area (Å²) in [5, 5.41) is 9.06. The summed E-state index contributed by atoms with van der Waals surface area (Å²) in [4.78, 5) is 2.49. The molecular weight excluding hydrogens is 218 g/mol. The molecule has 0 amide bonds. The smallest absolute Gasteiger partial charge is 0.166 e. The van der Waals surface area contributed by atoms with E-state index in [1.807, 2.05) is 6.92 Å². The summed E-state index contributed by atoms with van der Waals surface area (Å²) in [7, 11) is 0. The average Bonchev–Trinajstić information content (AvgIpc) is 2.72. The van der Waals surface area contributed by atoms with E-state index in [-0.39, 0.29) is 12.7 Å². The highest BCUT2D eigenvalue weighted by atomic mass is 16.7. The molecule has 4 nitrogen and oxygen atoms in total. The van der Waals surface area contributed by atoms with Crippen LogP contribution >= 0.6 is 0 Å². The maximum atomic E-state index is 9.06. The zero-order chi connectivity index (χ0) is 12.3. The van der Waals surface area contributed by atoms with Crippen LogP contribution in [0.2, 0.25) is 0 Å². The second-order valence-corrected chi connectivity index (χ2v) is 5.45. The van der Waals surface area contributed by atoms with Crippen molar-refractivity contribution in [1.29, 1.82) is 0 Å². The number of nitrogens with zero attached hydrogens (tertiary/aromatic N) is 1. The van der Waals surface area contributed by atoms with Gasteiger partial charge in [0.15, 0.2) is 5.79 Å². The van der Waals surface area contributed by atoms with Crippen LogP contribution in [0.25, 0.3) is 0 Å². The van der Waals surface area contributed by atoms with E-state index in [4.69, 9.17) is 14.6 Å². The molecule has 2 atom stereocenters. The van der Waals surface area contributed by atoms with E-state index in [1.165, 1.54) is 25.9 Å². The number of ether oxygens (including phenoxy) is 2. The molecule has 1 N–H and O–H groups in total. The second-order valence-electron chi connectivity index (χ2n) is 5.45. The molecule has 0 aromatic heterocycles. The number of aliphatic hydroxyl groups is 1. The van der Waals surface area contributed by atoms with Crippen LogP contribution in [0.3, 0.4) is 0 Å². The normalized spacial score (nSPS) is 36.5. The summed E-state index contributed by atoms with van der Waals surface area (Å²) in [5.41, 5.74) is 0. The van der Waals surface area contributed by atoms with Crippen molar-refractivity contribution in [3.8, 4) is 0 Å². The molecule has 0 saturated carbocycles. The maximum Gasteiger partial charge on any atom is 0.166 e. The van der Waals surface area contributed by atoms with E-state index < -0.39 is 5.79 Å². The van der Waals surface area contributed by atoms with Gasteiger partial charge < -0.3 is 19.5 Å². The minimum absolute atomic E-state index is 0.0594. The lowest BCUT2D eigenvalue weighted by molar-refractivity contribution is -0.171. The molecule has 0 aromatic carbocycles. The number of hydrogen-bond acceptors (Lipinski definition) is 4. The minimum Gasteiger partial charge on any atom is -0.394 e. The number of hydrogen-bond donors (Lipinski definition) is 1. The fraction of sp³-hybridized carbons (Fsp3) is 1.00. The molecule has 17 heavy (non-hydrogen) atoms. The first-order valence-electron chi connectivity index (χ1n) is 6.80. The van der Waals surface area contributed by atoms with Gasteiger partial charge in [0.1, 0.15) is 6.10 Å². The largest absolute Gasteiger partial charge is 0.394 e. The highest BCUT2D eigenvalue weighted by Crippen LogP contribution is 2.33. The van der Waals surface area contributed by atoms with Crippen molar-refractivity contribution >= 4 is 0 Å². The Morgan fingerprint density at radius 3 is 2.59 bits per heavy atom. The van der Waals surface area contributed by atoms with Crippen molar-refractivity contribution in [2.45, 2.75) is 45.0 Å². The molecule has 2 saturated heterocycles. The zero-order valence-electron chi connectivity index (χ0n) is 11.0. The van der Waals surface area contributed by atoms with Gasteiger partial charge in [-0.25, -0.2) is 0 Å². The lowest BCUT2D eigenvalue weighted by Crippen LogP contribution is -2.37. The third kappa shape index (κ3) is 3.41. The number of rotatable bonds is 4. The van der Waals surface area contributed by atoms with Crippen molar-refractivity contribution in [3.63, 3.8) is 0 Å². The third-order valence-corrected chi connectivity index (χ3v) is 4.01. The Kier molecular flexibility index (Phi) is 4.42. The minimum atomic E-state index is -0.466. The Bertz CT molecular complexity index is 241. The predicted molar refractivity (Wildman–Crippen MR) is 65.8 cm³/mol. The summed E-state index contributed by atoms with van der Waals surface area (Å²) >= 11 is 0. The van der Waals surface area contributed by atoms with Crippen molar-refractivity contribution in [1.82, 2.24) is 4.90 Å². The molecule has 2 fully saturated rings. The molecule has 100 valence electrons. The van der Waals surface area contributed by atoms with Crippen LogP contribution in [0.1, 0.15) is 33.1 Å². The molecule has 0 spiro atoms. The van der Waals surface area contributed by atoms with Crippen LogP contribution in [-0.4, -0.2) is 54.7 Å². The Labute approximate surface area is 104 Å². The molecule has 0 aliphatic carbocycles. The molecule has 2 heterocycles. The molecular formula is C13H25NO3. The summed E-state index contributed by atoms with van der Waals surface area (Å²) in [6, 6.07) is 0. The van der Waals surface area contributed by atoms with E-state index in [1.54, 1.807) is 0 Å². The van der Waals surface area contributed by atoms with Crippen LogP contribution < -0.4 is 0 Å². The first kappa shape index (κ1) is 13.3. The van der Waals surface area contributed by atoms with E-state index in [0.717, 1.165) is 13.0 Å². The van der Waals surface area contributed by atoms with Crippen molar-refractivity contribution in [2.75, 3.05) is 32.8 Å². The van der Waals surface area contributed by atoms with Gasteiger partial charge in [-0.3, -0.25) is 0 Å². The molecule has 0 bridgehead atoms. The van der Waals surface area contributed by atoms with E-state index in [9.17, 15) is 0 Å². The van der Waals surface area contributed by atoms with Gasteiger partial charge in [0.2, 0.25) is 0 Å². The summed E-state index contributed by atoms with van der Waals surface area (Å²) in [5.74, 6) is 0.229. The van der Waals surface area contributed by atoms with Crippen LogP contribution in [0.15, 0.2) is 0 Å². The molecule has 2 aliphatic heterocycles. The van der Waals surface area contributed by atoms with E-state index in [0.29, 0.717) is 12.5 Å². The fourth-order valence-electron chi connectivity index (χ4n) is 2.92. The number of piperidine rings is 1. The van der Waals surface area contributed by atoms with Crippen LogP contribution in [0.4, 0.5) is 0 Å². The van der Waals surface area contributed by atoms with Gasteiger partial charge in [0, 0.05) is 6.42 Å². The Morgan fingerprint density at radius 2 is 2.06 bits per heavy atom. The molecule has 2 rings (SSSR count). The molecule has 4 heteroatoms. The summed E-state index contributed by atoms with van der Waals surface area (Å²) in [6.07, 6.45) is 3.30. The average molecular weight is 243 g/mol. The quantitative estimate of drug-likeness (QED) is 0.806. The zero-order valence-corrected chi connectivity index (χ0v) is 11.0. The van der Waals surface area contributed by atoms with Gasteiger partial charge in [-0.05, 0) is 45.3 Å². The standard InChI is InChI=1S/C13H25NO3/c1-3-14-6-4-11(5-7-14)8-13(2)16-10-12(9-15)17-13/h11-12,15H,3-10H2,1-2H3. The van der Waals surface area contributed by atoms with Gasteiger partial charge in [-0.15, -0.1) is 0 Å². The van der Waals surface area contributed by atoms with Crippen molar-refractivity contribution < 1.29 is 14.6 Å².